The Morgan fingerprint density at radius 2 is 1.44 bits per heavy atom. The molecule has 0 aliphatic heterocycles. The number of benzene rings is 2. The number of hydrogen-bond donors (Lipinski definition) is 0. The van der Waals surface area contributed by atoms with Crippen molar-refractivity contribution in [3.8, 4) is 11.5 Å². The molecule has 0 saturated heterocycles. The van der Waals surface area contributed by atoms with Gasteiger partial charge in [0.25, 0.3) is 0 Å². The molecule has 2 nitrogen and oxygen atoms in total. The Labute approximate surface area is 122 Å². The van der Waals surface area contributed by atoms with Crippen molar-refractivity contribution >= 4 is 20.5 Å². The van der Waals surface area contributed by atoms with Crippen LogP contribution in [-0.4, -0.2) is 14.2 Å². The minimum atomic E-state index is 0.828. The van der Waals surface area contributed by atoms with Crippen molar-refractivity contribution < 1.29 is 26.8 Å². The van der Waals surface area contributed by atoms with Crippen LogP contribution >= 0.6 is 9.69 Å². The van der Waals surface area contributed by atoms with Gasteiger partial charge in [0.2, 0.25) is 0 Å². The third kappa shape index (κ3) is 2.58. The van der Waals surface area contributed by atoms with Crippen LogP contribution in [0.3, 0.4) is 0 Å². The van der Waals surface area contributed by atoms with E-state index in [0.29, 0.717) is 0 Å². The van der Waals surface area contributed by atoms with Crippen LogP contribution in [0.25, 0.3) is 10.8 Å². The van der Waals surface area contributed by atoms with E-state index in [9.17, 15) is 0 Å². The molecule has 18 heavy (non-hydrogen) atoms. The molecule has 0 aliphatic carbocycles. The summed E-state index contributed by atoms with van der Waals surface area (Å²) in [6.07, 6.45) is 0. The van der Waals surface area contributed by atoms with Gasteiger partial charge in [-0.1, -0.05) is 31.2 Å². The second-order valence-electron chi connectivity index (χ2n) is 3.72. The molecule has 0 fully saturated rings. The zero-order chi connectivity index (χ0) is 13.7. The van der Waals surface area contributed by atoms with E-state index >= 15 is 0 Å². The number of ether oxygens (including phenoxy) is 2. The predicted octanol–water partition coefficient (Wildman–Crippen LogP) is 4.03. The summed E-state index contributed by atoms with van der Waals surface area (Å²) in [5.41, 5.74) is 1.91. The zero-order valence-corrected chi connectivity index (χ0v) is 14.6. The first-order valence-electron chi connectivity index (χ1n) is 5.42. The number of halogens is 1. The van der Waals surface area contributed by atoms with Crippen LogP contribution in [0.5, 0.6) is 11.5 Å². The molecule has 0 bridgehead atoms. The quantitative estimate of drug-likeness (QED) is 0.615. The molecule has 0 N–H and O–H groups in total. The Morgan fingerprint density at radius 1 is 1.00 bits per heavy atom. The Kier molecular flexibility index (Phi) is 5.78. The van der Waals surface area contributed by atoms with Crippen LogP contribution in [0.1, 0.15) is 11.1 Å². The number of fused-ring (bicyclic) bond motifs is 1. The van der Waals surface area contributed by atoms with E-state index in [1.807, 2.05) is 31.2 Å². The van der Waals surface area contributed by atoms with Gasteiger partial charge in [0, 0.05) is 11.1 Å². The van der Waals surface area contributed by atoms with Gasteiger partial charge in [0.05, 0.1) is 20.0 Å². The molecule has 0 radical (unpaired) electrons. The molecule has 0 aliphatic rings. The third-order valence-corrected chi connectivity index (χ3v) is 2.89. The number of hydrogen-bond acceptors (Lipinski definition) is 2. The normalized spacial score (nSPS) is 9.67. The molecule has 0 spiro atoms. The second kappa shape index (κ2) is 6.87. The number of methoxy groups -OCH3 is 2. The van der Waals surface area contributed by atoms with E-state index in [4.69, 9.17) is 19.2 Å². The van der Waals surface area contributed by atoms with Gasteiger partial charge in [-0.05, 0) is 5.39 Å². The Balaban J connectivity index is 0.000000771. The summed E-state index contributed by atoms with van der Waals surface area (Å²) in [4.78, 5) is 0. The topological polar surface area (TPSA) is 18.5 Å². The zero-order valence-electron chi connectivity index (χ0n) is 10.9. The van der Waals surface area contributed by atoms with Crippen molar-refractivity contribution in [3.05, 3.63) is 42.3 Å². The fourth-order valence-corrected chi connectivity index (χ4v) is 2.05. The molecule has 2 rings (SSSR count). The molecule has 0 heterocycles. The number of rotatable bonds is 2. The van der Waals surface area contributed by atoms with Gasteiger partial charge in [0.15, 0.2) is 0 Å². The summed E-state index contributed by atoms with van der Waals surface area (Å²) < 4.78 is 10.9. The molecular formula is C14H15ClO2Zn. The molecule has 92 valence electrons. The van der Waals surface area contributed by atoms with Gasteiger partial charge in [-0.15, -0.1) is 11.1 Å². The van der Waals surface area contributed by atoms with E-state index in [0.717, 1.165) is 50.7 Å². The Morgan fingerprint density at radius 3 is 1.89 bits per heavy atom. The van der Waals surface area contributed by atoms with Crippen molar-refractivity contribution in [3.63, 3.8) is 0 Å². The maximum atomic E-state index is 5.44. The second-order valence-corrected chi connectivity index (χ2v) is 3.72. The summed E-state index contributed by atoms with van der Waals surface area (Å²) in [7, 11) is 8.11. The maximum absolute atomic E-state index is 5.44. The van der Waals surface area contributed by atoms with E-state index in [-0.39, 0.29) is 0 Å². The Bertz CT molecular complexity index is 492. The van der Waals surface area contributed by atoms with Gasteiger partial charge < -0.3 is 9.47 Å². The van der Waals surface area contributed by atoms with Crippen LogP contribution in [0.4, 0.5) is 0 Å². The van der Waals surface area contributed by atoms with E-state index in [1.54, 1.807) is 14.2 Å². The minimum absolute atomic E-state index is 0.828. The molecule has 0 amide bonds. The van der Waals surface area contributed by atoms with Crippen LogP contribution < -0.4 is 9.47 Å². The molecule has 0 aromatic heterocycles. The monoisotopic (exact) mass is 314 g/mol. The molecule has 0 unspecified atom stereocenters. The van der Waals surface area contributed by atoms with Crippen LogP contribution in [0.2, 0.25) is 0 Å². The van der Waals surface area contributed by atoms with Crippen LogP contribution in [-0.2, 0) is 17.3 Å². The summed E-state index contributed by atoms with van der Waals surface area (Å²) in [6.45, 7) is 6.04. The average molecular weight is 316 g/mol. The summed E-state index contributed by atoms with van der Waals surface area (Å²) in [5, 5.41) is 2.10. The summed E-state index contributed by atoms with van der Waals surface area (Å²) >= 11 is 0.847. The fraction of sp³-hybridized carbons (Fsp3) is 0.214. The summed E-state index contributed by atoms with van der Waals surface area (Å²) in [6, 6.07) is 8.03. The van der Waals surface area contributed by atoms with Gasteiger partial charge in [-0.25, -0.2) is 0 Å². The fourth-order valence-electron chi connectivity index (χ4n) is 2.05. The van der Waals surface area contributed by atoms with Crippen molar-refractivity contribution in [1.82, 2.24) is 0 Å². The van der Waals surface area contributed by atoms with Gasteiger partial charge in [-0.2, -0.15) is 6.92 Å². The first-order valence-corrected chi connectivity index (χ1v) is 9.32. The molecule has 0 saturated carbocycles. The van der Waals surface area contributed by atoms with E-state index in [1.165, 1.54) is 0 Å². The van der Waals surface area contributed by atoms with Gasteiger partial charge in [0.1, 0.15) is 0 Å². The van der Waals surface area contributed by atoms with Crippen molar-refractivity contribution in [2.75, 3.05) is 14.2 Å². The van der Waals surface area contributed by atoms with Crippen LogP contribution in [0, 0.1) is 13.8 Å². The average Bonchev–Trinajstić information content (AvgIpc) is 2.43. The van der Waals surface area contributed by atoms with E-state index in [2.05, 4.69) is 6.92 Å². The van der Waals surface area contributed by atoms with Crippen molar-refractivity contribution in [2.24, 2.45) is 0 Å². The Hall–Kier alpha value is -0.917. The predicted molar refractivity (Wildman–Crippen MR) is 72.1 cm³/mol. The first kappa shape index (κ1) is 15.1. The standard InChI is InChI=1S/C14H15O2.ClH.Zn/c1-9-10(2)14(16-4)12-8-6-5-7-11(12)13(9)15-3;;/h5-8H,1H2,2-4H3;1H;/q-1;;+2/p-1. The SMILES string of the molecule is [CH2-]c1c(C)c(OC)c2ccccc2c1OC.[Cl][Zn+]. The molecule has 2 aromatic rings. The molecule has 0 atom stereocenters. The summed E-state index contributed by atoms with van der Waals surface area (Å²) in [5.74, 6) is 1.70. The first-order chi connectivity index (χ1) is 8.70. The van der Waals surface area contributed by atoms with Gasteiger partial charge in [-0.3, -0.25) is 0 Å². The third-order valence-electron chi connectivity index (χ3n) is 2.89. The van der Waals surface area contributed by atoms with Crippen LogP contribution in [0.15, 0.2) is 24.3 Å². The van der Waals surface area contributed by atoms with E-state index < -0.39 is 0 Å². The molecular weight excluding hydrogens is 301 g/mol. The van der Waals surface area contributed by atoms with Crippen molar-refractivity contribution in [2.45, 2.75) is 6.92 Å². The van der Waals surface area contributed by atoms with Crippen molar-refractivity contribution in [1.29, 1.82) is 0 Å². The molecule has 4 heteroatoms. The van der Waals surface area contributed by atoms with Gasteiger partial charge >= 0.3 is 27.0 Å². The molecule has 2 aromatic carbocycles.